The molecule has 128 valence electrons. The first kappa shape index (κ1) is 24.8. The molecule has 0 spiro atoms. The molecule has 1 unspecified atom stereocenters. The molecule has 0 fully saturated rings. The maximum atomic E-state index is 10.8. The van der Waals surface area contributed by atoms with Gasteiger partial charge in [0, 0.05) is 12.4 Å². The Kier molecular flexibility index (Phi) is 16.4. The Morgan fingerprint density at radius 2 is 1.70 bits per heavy atom. The van der Waals surface area contributed by atoms with Crippen molar-refractivity contribution in [1.82, 2.24) is 0 Å². The molecular formula is C16H29NNaO5+. The molecule has 1 atom stereocenters. The van der Waals surface area contributed by atoms with Crippen LogP contribution in [0.3, 0.4) is 0 Å². The van der Waals surface area contributed by atoms with Crippen molar-refractivity contribution in [3.8, 4) is 0 Å². The normalized spacial score (nSPS) is 13.5. The second-order valence-electron chi connectivity index (χ2n) is 5.60. The van der Waals surface area contributed by atoms with Gasteiger partial charge in [-0.25, -0.2) is 0 Å². The van der Waals surface area contributed by atoms with Gasteiger partial charge >= 0.3 is 35.5 Å². The summed E-state index contributed by atoms with van der Waals surface area (Å²) in [4.78, 5) is 21.6. The van der Waals surface area contributed by atoms with Crippen molar-refractivity contribution in [2.75, 3.05) is 32.8 Å². The molecule has 2 N–H and O–H groups in total. The van der Waals surface area contributed by atoms with Gasteiger partial charge in [0.2, 0.25) is 0 Å². The second kappa shape index (κ2) is 15.1. The van der Waals surface area contributed by atoms with E-state index in [1.807, 2.05) is 0 Å². The van der Waals surface area contributed by atoms with Crippen LogP contribution in [0.4, 0.5) is 0 Å². The molecule has 6 nitrogen and oxygen atoms in total. The minimum atomic E-state index is -1.14. The number of hydrogen-bond acceptors (Lipinski definition) is 4. The van der Waals surface area contributed by atoms with Gasteiger partial charge in [-0.2, -0.15) is 0 Å². The van der Waals surface area contributed by atoms with Crippen LogP contribution in [0.2, 0.25) is 0 Å². The zero-order valence-corrected chi connectivity index (χ0v) is 16.5. The Morgan fingerprint density at radius 1 is 1.04 bits per heavy atom. The predicted octanol–water partition coefficient (Wildman–Crippen LogP) is -2.45. The third-order valence-electron chi connectivity index (χ3n) is 3.82. The molecule has 0 aliphatic carbocycles. The van der Waals surface area contributed by atoms with Crippen LogP contribution in [0.25, 0.3) is 0 Å². The van der Waals surface area contributed by atoms with Crippen LogP contribution in [0.1, 0.15) is 45.4 Å². The Balaban J connectivity index is 0. The van der Waals surface area contributed by atoms with E-state index in [4.69, 9.17) is 5.11 Å². The number of quaternary nitrogens is 1. The zero-order valence-electron chi connectivity index (χ0n) is 14.5. The summed E-state index contributed by atoms with van der Waals surface area (Å²) in [7, 11) is 0. The van der Waals surface area contributed by atoms with Crippen LogP contribution in [-0.2, 0) is 9.59 Å². The molecule has 0 heterocycles. The molecule has 0 aromatic carbocycles. The molecule has 23 heavy (non-hydrogen) atoms. The number of unbranched alkanes of at least 4 members (excludes halogenated alkanes) is 2. The quantitative estimate of drug-likeness (QED) is 0.159. The van der Waals surface area contributed by atoms with Gasteiger partial charge in [-0.1, -0.05) is 19.1 Å². The number of aliphatic carboxylic acids is 2. The topological polar surface area (TPSA) is 97.7 Å². The number of carboxylic acids is 2. The molecule has 0 bridgehead atoms. The summed E-state index contributed by atoms with van der Waals surface area (Å²) in [6.07, 6.45) is 7.91. The first-order chi connectivity index (χ1) is 10.5. The molecule has 0 saturated carbocycles. The number of allylic oxidation sites excluding steroid dienone is 2. The van der Waals surface area contributed by atoms with Gasteiger partial charge in [0.1, 0.15) is 6.54 Å². The van der Waals surface area contributed by atoms with Gasteiger partial charge in [-0.3, -0.25) is 4.79 Å². The third kappa shape index (κ3) is 13.7. The maximum Gasteiger partial charge on any atom is 1.00 e. The number of rotatable bonds is 14. The molecule has 0 aromatic heterocycles. The van der Waals surface area contributed by atoms with Gasteiger partial charge in [0.15, 0.2) is 0 Å². The van der Waals surface area contributed by atoms with E-state index in [0.29, 0.717) is 30.7 Å². The number of nitrogens with zero attached hydrogens (tertiary/aromatic N) is 1. The number of aliphatic hydroxyl groups is 1. The maximum absolute atomic E-state index is 10.8. The first-order valence-electron chi connectivity index (χ1n) is 7.98. The van der Waals surface area contributed by atoms with Crippen molar-refractivity contribution in [1.29, 1.82) is 0 Å². The molecule has 0 radical (unpaired) electrons. The van der Waals surface area contributed by atoms with E-state index in [1.54, 1.807) is 0 Å². The minimum Gasteiger partial charge on any atom is -0.550 e. The average molecular weight is 338 g/mol. The van der Waals surface area contributed by atoms with E-state index in [0.717, 1.165) is 25.7 Å². The number of carbonyl (C=O) groups excluding carboxylic acids is 1. The predicted molar refractivity (Wildman–Crippen MR) is 82.0 cm³/mol. The summed E-state index contributed by atoms with van der Waals surface area (Å²) in [5.41, 5.74) is 0. The third-order valence-corrected chi connectivity index (χ3v) is 3.82. The smallest absolute Gasteiger partial charge is 0.550 e. The number of aliphatic hydroxyl groups excluding tert-OH is 1. The van der Waals surface area contributed by atoms with Crippen molar-refractivity contribution < 1.29 is 58.9 Å². The van der Waals surface area contributed by atoms with Crippen LogP contribution >= 0.6 is 0 Å². The van der Waals surface area contributed by atoms with Crippen molar-refractivity contribution in [3.05, 3.63) is 12.2 Å². The van der Waals surface area contributed by atoms with E-state index < -0.39 is 11.9 Å². The Hall–Kier alpha value is -0.400. The zero-order chi connectivity index (χ0) is 16.8. The van der Waals surface area contributed by atoms with Crippen LogP contribution in [0, 0.1) is 0 Å². The van der Waals surface area contributed by atoms with Crippen LogP contribution in [-0.4, -0.2) is 59.4 Å². The Bertz CT molecular complexity index is 342. The molecule has 7 heteroatoms. The van der Waals surface area contributed by atoms with E-state index in [1.165, 1.54) is 0 Å². The summed E-state index contributed by atoms with van der Waals surface area (Å²) in [6.45, 7) is 3.70. The molecule has 0 aliphatic heterocycles. The van der Waals surface area contributed by atoms with E-state index >= 15 is 0 Å². The number of hydrogen-bond donors (Lipinski definition) is 2. The number of carboxylic acid groups (broad SMARTS) is 2. The fourth-order valence-corrected chi connectivity index (χ4v) is 2.54. The summed E-state index contributed by atoms with van der Waals surface area (Å²) in [5, 5.41) is 28.9. The van der Waals surface area contributed by atoms with Crippen LogP contribution < -0.4 is 34.7 Å². The van der Waals surface area contributed by atoms with E-state index in [9.17, 15) is 19.8 Å². The second-order valence-corrected chi connectivity index (χ2v) is 5.60. The fraction of sp³-hybridized carbons (Fsp3) is 0.750. The van der Waals surface area contributed by atoms with Gasteiger partial charge < -0.3 is 24.6 Å². The van der Waals surface area contributed by atoms with Crippen molar-refractivity contribution in [2.24, 2.45) is 0 Å². The van der Waals surface area contributed by atoms with Crippen LogP contribution in [0.5, 0.6) is 0 Å². The minimum absolute atomic E-state index is 0. The van der Waals surface area contributed by atoms with Crippen molar-refractivity contribution >= 4 is 11.9 Å². The summed E-state index contributed by atoms with van der Waals surface area (Å²) in [6, 6.07) is 0. The molecule has 0 saturated heterocycles. The molecular weight excluding hydrogens is 309 g/mol. The standard InChI is InChI=1S/C16H29NO5.Na/c1-2-3-4-5-6-7-10-17(13-14-18,11-8-15(19)20)12-9-16(21)22;/h3-4,18H,2,5-14H2,1H3,(H-,19,20,21,22);/q;+1/b4-3+;. The summed E-state index contributed by atoms with van der Waals surface area (Å²) < 4.78 is 0.328. The van der Waals surface area contributed by atoms with E-state index in [2.05, 4.69) is 19.1 Å². The average Bonchev–Trinajstić information content (AvgIpc) is 2.46. The van der Waals surface area contributed by atoms with Crippen molar-refractivity contribution in [2.45, 2.75) is 45.4 Å². The Morgan fingerprint density at radius 3 is 2.22 bits per heavy atom. The van der Waals surface area contributed by atoms with E-state index in [-0.39, 0.29) is 49.0 Å². The summed E-state index contributed by atoms with van der Waals surface area (Å²) >= 11 is 0. The van der Waals surface area contributed by atoms with Gasteiger partial charge in [0.25, 0.3) is 0 Å². The summed E-state index contributed by atoms with van der Waals surface area (Å²) in [5.74, 6) is -2.04. The fourth-order valence-electron chi connectivity index (χ4n) is 2.54. The molecule has 0 aromatic rings. The van der Waals surface area contributed by atoms with Gasteiger partial charge in [-0.05, 0) is 25.7 Å². The molecule has 0 amide bonds. The molecule has 0 rings (SSSR count). The van der Waals surface area contributed by atoms with Gasteiger partial charge in [0.05, 0.1) is 32.7 Å². The SMILES string of the molecule is CC/C=C/CCCC[N+](CCO)(CCC(=O)[O-])CCC(=O)O.[Na+]. The monoisotopic (exact) mass is 338 g/mol. The Labute approximate surface area is 161 Å². The largest absolute Gasteiger partial charge is 1.00 e. The molecule has 0 aliphatic rings. The van der Waals surface area contributed by atoms with Gasteiger partial charge in [-0.15, -0.1) is 0 Å². The number of carbonyl (C=O) groups is 2. The van der Waals surface area contributed by atoms with Crippen molar-refractivity contribution in [3.63, 3.8) is 0 Å². The van der Waals surface area contributed by atoms with Crippen LogP contribution in [0.15, 0.2) is 12.2 Å². The first-order valence-corrected chi connectivity index (χ1v) is 7.98.